The molecule has 134 valence electrons. The van der Waals surface area contributed by atoms with Gasteiger partial charge in [0.05, 0.1) is 36.9 Å². The molecule has 0 N–H and O–H groups in total. The van der Waals surface area contributed by atoms with E-state index in [9.17, 15) is 9.18 Å². The van der Waals surface area contributed by atoms with Crippen molar-refractivity contribution >= 4 is 22.5 Å². The first-order chi connectivity index (χ1) is 12.6. The molecule has 2 fully saturated rings. The van der Waals surface area contributed by atoms with Gasteiger partial charge in [0.15, 0.2) is 5.52 Å². The summed E-state index contributed by atoms with van der Waals surface area (Å²) in [6.45, 7) is 2.83. The number of fused-ring (bicyclic) bond motifs is 2. The number of aromatic nitrogens is 4. The van der Waals surface area contributed by atoms with Crippen molar-refractivity contribution in [3.05, 3.63) is 57.3 Å². The third-order valence-corrected chi connectivity index (χ3v) is 5.89. The van der Waals surface area contributed by atoms with E-state index in [2.05, 4.69) is 10.2 Å². The fraction of sp³-hybridized carbons (Fsp3) is 0.389. The van der Waals surface area contributed by atoms with E-state index >= 15 is 0 Å². The SMILES string of the molecule is C[C@H]1OC[C@H]2[C@@H]1[C@@H]2n1ncc2c(Cl)n(Cc3ccccc3F)nc2c1=O. The largest absolute Gasteiger partial charge is 0.378 e. The van der Waals surface area contributed by atoms with Crippen LogP contribution in [0.3, 0.4) is 0 Å². The van der Waals surface area contributed by atoms with E-state index in [-0.39, 0.29) is 40.7 Å². The lowest BCUT2D eigenvalue weighted by Gasteiger charge is -2.10. The van der Waals surface area contributed by atoms with Crippen LogP contribution >= 0.6 is 11.6 Å². The first-order valence-corrected chi connectivity index (χ1v) is 8.93. The van der Waals surface area contributed by atoms with Gasteiger partial charge in [-0.15, -0.1) is 0 Å². The van der Waals surface area contributed by atoms with Gasteiger partial charge in [0.25, 0.3) is 5.56 Å². The first kappa shape index (κ1) is 16.0. The summed E-state index contributed by atoms with van der Waals surface area (Å²) in [6.07, 6.45) is 1.71. The van der Waals surface area contributed by atoms with Crippen molar-refractivity contribution in [2.75, 3.05) is 6.61 Å². The normalized spacial score (nSPS) is 27.0. The maximum absolute atomic E-state index is 13.9. The van der Waals surface area contributed by atoms with Crippen LogP contribution < -0.4 is 5.56 Å². The highest BCUT2D eigenvalue weighted by Crippen LogP contribution is 2.56. The van der Waals surface area contributed by atoms with E-state index in [0.29, 0.717) is 29.4 Å². The molecule has 1 saturated carbocycles. The van der Waals surface area contributed by atoms with E-state index < -0.39 is 0 Å². The van der Waals surface area contributed by atoms with Crippen LogP contribution in [0.25, 0.3) is 10.9 Å². The van der Waals surface area contributed by atoms with Gasteiger partial charge in [-0.2, -0.15) is 10.2 Å². The fourth-order valence-corrected chi connectivity index (χ4v) is 4.28. The van der Waals surface area contributed by atoms with Gasteiger partial charge in [-0.05, 0) is 13.0 Å². The number of hydrogen-bond donors (Lipinski definition) is 0. The molecule has 2 aromatic heterocycles. The molecule has 6 nitrogen and oxygen atoms in total. The summed E-state index contributed by atoms with van der Waals surface area (Å²) in [7, 11) is 0. The number of rotatable bonds is 3. The lowest BCUT2D eigenvalue weighted by molar-refractivity contribution is 0.0801. The second-order valence-corrected chi connectivity index (χ2v) is 7.32. The minimum atomic E-state index is -0.335. The third kappa shape index (κ3) is 2.23. The molecule has 1 aliphatic carbocycles. The maximum atomic E-state index is 13.9. The Balaban J connectivity index is 1.55. The second kappa shape index (κ2) is 5.62. The van der Waals surface area contributed by atoms with Crippen molar-refractivity contribution in [1.29, 1.82) is 0 Å². The number of halogens is 2. The van der Waals surface area contributed by atoms with Gasteiger partial charge in [0.2, 0.25) is 0 Å². The van der Waals surface area contributed by atoms with Crippen molar-refractivity contribution in [1.82, 2.24) is 19.6 Å². The van der Waals surface area contributed by atoms with Crippen LogP contribution in [0.1, 0.15) is 18.5 Å². The highest BCUT2D eigenvalue weighted by atomic mass is 35.5. The Morgan fingerprint density at radius 2 is 2.19 bits per heavy atom. The van der Waals surface area contributed by atoms with E-state index in [1.54, 1.807) is 24.4 Å². The zero-order valence-electron chi connectivity index (χ0n) is 14.0. The summed E-state index contributed by atoms with van der Waals surface area (Å²) >= 11 is 6.37. The average molecular weight is 375 g/mol. The molecule has 3 aromatic rings. The molecular formula is C18H16ClFN4O2. The molecule has 1 saturated heterocycles. The Morgan fingerprint density at radius 1 is 1.38 bits per heavy atom. The third-order valence-electron chi connectivity index (χ3n) is 5.49. The Labute approximate surface area is 153 Å². The molecular weight excluding hydrogens is 359 g/mol. The number of hydrogen-bond acceptors (Lipinski definition) is 4. The predicted molar refractivity (Wildman–Crippen MR) is 93.7 cm³/mol. The summed E-state index contributed by atoms with van der Waals surface area (Å²) in [4.78, 5) is 12.9. The van der Waals surface area contributed by atoms with Crippen molar-refractivity contribution in [3.8, 4) is 0 Å². The van der Waals surface area contributed by atoms with Gasteiger partial charge < -0.3 is 4.74 Å². The first-order valence-electron chi connectivity index (χ1n) is 8.55. The van der Waals surface area contributed by atoms with Crippen LogP contribution in [-0.2, 0) is 11.3 Å². The number of ether oxygens (including phenoxy) is 1. The van der Waals surface area contributed by atoms with Crippen LogP contribution in [0.4, 0.5) is 4.39 Å². The van der Waals surface area contributed by atoms with E-state index in [1.807, 2.05) is 6.92 Å². The van der Waals surface area contributed by atoms with Gasteiger partial charge in [-0.1, -0.05) is 29.8 Å². The molecule has 3 heterocycles. The van der Waals surface area contributed by atoms with Crippen molar-refractivity contribution < 1.29 is 9.13 Å². The van der Waals surface area contributed by atoms with E-state index in [1.165, 1.54) is 15.4 Å². The van der Waals surface area contributed by atoms with E-state index in [0.717, 1.165) is 0 Å². The molecule has 0 radical (unpaired) electrons. The highest BCUT2D eigenvalue weighted by molar-refractivity contribution is 6.34. The molecule has 1 aromatic carbocycles. The maximum Gasteiger partial charge on any atom is 0.295 e. The molecule has 1 aliphatic heterocycles. The van der Waals surface area contributed by atoms with Gasteiger partial charge in [0, 0.05) is 17.4 Å². The van der Waals surface area contributed by atoms with Crippen LogP contribution in [-0.4, -0.2) is 32.3 Å². The number of nitrogens with zero attached hydrogens (tertiary/aromatic N) is 4. The molecule has 0 spiro atoms. The van der Waals surface area contributed by atoms with Crippen molar-refractivity contribution in [2.45, 2.75) is 25.6 Å². The highest BCUT2D eigenvalue weighted by Gasteiger charge is 2.60. The Hall–Kier alpha value is -2.25. The van der Waals surface area contributed by atoms with Crippen LogP contribution in [0.5, 0.6) is 0 Å². The Bertz CT molecular complexity index is 1080. The number of benzene rings is 1. The smallest absolute Gasteiger partial charge is 0.295 e. The summed E-state index contributed by atoms with van der Waals surface area (Å²) in [5, 5.41) is 9.44. The minimum Gasteiger partial charge on any atom is -0.378 e. The standard InChI is InChI=1S/C18H16ClFN4O2/c1-9-14-12(8-26-9)16(14)24-18(25)15-11(6-21-24)17(19)23(22-15)7-10-4-2-3-5-13(10)20/h2-6,9,12,14,16H,7-8H2,1H3/t9-,12+,14-,16-/m1/s1. The summed E-state index contributed by atoms with van der Waals surface area (Å²) in [6, 6.07) is 6.49. The minimum absolute atomic E-state index is 0.0612. The molecule has 0 unspecified atom stereocenters. The lowest BCUT2D eigenvalue weighted by atomic mass is 10.2. The molecule has 5 rings (SSSR count). The molecule has 26 heavy (non-hydrogen) atoms. The summed E-state index contributed by atoms with van der Waals surface area (Å²) in [5.41, 5.74) is 0.460. The quantitative estimate of drug-likeness (QED) is 0.707. The predicted octanol–water partition coefficient (Wildman–Crippen LogP) is 2.64. The zero-order valence-corrected chi connectivity index (χ0v) is 14.7. The molecule has 0 bridgehead atoms. The average Bonchev–Trinajstić information content (AvgIpc) is 3.09. The van der Waals surface area contributed by atoms with Gasteiger partial charge >= 0.3 is 0 Å². The fourth-order valence-electron chi connectivity index (χ4n) is 4.05. The monoisotopic (exact) mass is 374 g/mol. The topological polar surface area (TPSA) is 61.9 Å². The molecule has 8 heteroatoms. The summed E-state index contributed by atoms with van der Waals surface area (Å²) in [5.74, 6) is 0.329. The summed E-state index contributed by atoms with van der Waals surface area (Å²) < 4.78 is 22.4. The second-order valence-electron chi connectivity index (χ2n) is 6.97. The van der Waals surface area contributed by atoms with Crippen molar-refractivity contribution in [3.63, 3.8) is 0 Å². The van der Waals surface area contributed by atoms with E-state index in [4.69, 9.17) is 16.3 Å². The lowest BCUT2D eigenvalue weighted by Crippen LogP contribution is -2.25. The van der Waals surface area contributed by atoms with Crippen LogP contribution in [0, 0.1) is 17.7 Å². The zero-order chi connectivity index (χ0) is 18.0. The molecule has 2 aliphatic rings. The van der Waals surface area contributed by atoms with Crippen molar-refractivity contribution in [2.24, 2.45) is 11.8 Å². The van der Waals surface area contributed by atoms with Gasteiger partial charge in [-0.3, -0.25) is 4.79 Å². The Morgan fingerprint density at radius 3 is 2.92 bits per heavy atom. The molecule has 4 atom stereocenters. The van der Waals surface area contributed by atoms with Crippen LogP contribution in [0.2, 0.25) is 5.15 Å². The van der Waals surface area contributed by atoms with Gasteiger partial charge in [-0.25, -0.2) is 13.8 Å². The van der Waals surface area contributed by atoms with Crippen LogP contribution in [0.15, 0.2) is 35.3 Å². The van der Waals surface area contributed by atoms with Gasteiger partial charge in [0.1, 0.15) is 11.0 Å². The molecule has 0 amide bonds. The Kier molecular flexibility index (Phi) is 3.45.